The molecule has 1 aromatic carbocycles. The van der Waals surface area contributed by atoms with Gasteiger partial charge in [-0.25, -0.2) is 9.78 Å². The van der Waals surface area contributed by atoms with Crippen molar-refractivity contribution in [1.29, 1.82) is 0 Å². The number of hydrogen-bond donors (Lipinski definition) is 2. The number of amides is 1. The Bertz CT molecular complexity index is 863. The summed E-state index contributed by atoms with van der Waals surface area (Å²) in [4.78, 5) is 28.6. The van der Waals surface area contributed by atoms with Crippen LogP contribution in [0.1, 0.15) is 31.2 Å². The fourth-order valence-electron chi connectivity index (χ4n) is 4.40. The standard InChI is InChI=1S/C20H24N4O2/c25-18(20-8-2-1-6-16(20)12-21-14-20)23-17-7-3-5-15(11-17)13-24-10-4-9-22-19(24)26/h3-5,7,9-11,16,21H,1-2,6,8,12-14H2,(H,23,25)/t16-,20+/m0/s1. The van der Waals surface area contributed by atoms with Crippen molar-refractivity contribution >= 4 is 11.6 Å². The summed E-state index contributed by atoms with van der Waals surface area (Å²) in [6.07, 6.45) is 7.64. The third kappa shape index (κ3) is 3.17. The van der Waals surface area contributed by atoms with E-state index in [0.717, 1.165) is 43.6 Å². The van der Waals surface area contributed by atoms with Gasteiger partial charge in [0.25, 0.3) is 0 Å². The molecule has 0 unspecified atom stereocenters. The molecule has 136 valence electrons. The molecule has 6 nitrogen and oxygen atoms in total. The molecule has 2 fully saturated rings. The van der Waals surface area contributed by atoms with Crippen molar-refractivity contribution in [1.82, 2.24) is 14.9 Å². The molecular formula is C20H24N4O2. The highest BCUT2D eigenvalue weighted by atomic mass is 16.2. The molecule has 6 heteroatoms. The lowest BCUT2D eigenvalue weighted by Crippen LogP contribution is -2.44. The van der Waals surface area contributed by atoms with Crippen molar-refractivity contribution in [2.75, 3.05) is 18.4 Å². The highest BCUT2D eigenvalue weighted by Gasteiger charge is 2.49. The van der Waals surface area contributed by atoms with Gasteiger partial charge in [-0.2, -0.15) is 0 Å². The van der Waals surface area contributed by atoms with Gasteiger partial charge in [-0.15, -0.1) is 0 Å². The molecule has 0 bridgehead atoms. The average Bonchev–Trinajstić information content (AvgIpc) is 3.09. The number of nitrogens with one attached hydrogen (secondary N) is 2. The normalized spacial score (nSPS) is 24.8. The smallest absolute Gasteiger partial charge is 0.326 e. The topological polar surface area (TPSA) is 76.0 Å². The van der Waals surface area contributed by atoms with Crippen LogP contribution in [-0.2, 0) is 11.3 Å². The van der Waals surface area contributed by atoms with Gasteiger partial charge >= 0.3 is 5.69 Å². The van der Waals surface area contributed by atoms with E-state index in [-0.39, 0.29) is 17.0 Å². The summed E-state index contributed by atoms with van der Waals surface area (Å²) in [6, 6.07) is 9.45. The highest BCUT2D eigenvalue weighted by molar-refractivity contribution is 5.96. The van der Waals surface area contributed by atoms with Crippen molar-refractivity contribution < 1.29 is 4.79 Å². The minimum Gasteiger partial charge on any atom is -0.326 e. The van der Waals surface area contributed by atoms with Crippen LogP contribution in [0.25, 0.3) is 0 Å². The molecule has 26 heavy (non-hydrogen) atoms. The third-order valence-electron chi connectivity index (χ3n) is 5.81. The van der Waals surface area contributed by atoms with E-state index in [1.165, 1.54) is 12.6 Å². The molecule has 2 aromatic rings. The maximum atomic E-state index is 13.1. The van der Waals surface area contributed by atoms with E-state index >= 15 is 0 Å². The molecule has 4 rings (SSSR count). The molecule has 1 aliphatic heterocycles. The van der Waals surface area contributed by atoms with Crippen LogP contribution in [-0.4, -0.2) is 28.5 Å². The molecule has 2 N–H and O–H groups in total. The monoisotopic (exact) mass is 352 g/mol. The molecule has 1 aromatic heterocycles. The minimum atomic E-state index is -0.275. The maximum absolute atomic E-state index is 13.1. The van der Waals surface area contributed by atoms with Gasteiger partial charge in [0.2, 0.25) is 5.91 Å². The van der Waals surface area contributed by atoms with Crippen LogP contribution in [0.2, 0.25) is 0 Å². The van der Waals surface area contributed by atoms with E-state index in [0.29, 0.717) is 12.5 Å². The molecule has 2 heterocycles. The summed E-state index contributed by atoms with van der Waals surface area (Å²) < 4.78 is 1.55. The van der Waals surface area contributed by atoms with Gasteiger partial charge in [-0.05, 0) is 49.1 Å². The number of anilines is 1. The highest BCUT2D eigenvalue weighted by Crippen LogP contribution is 2.44. The number of nitrogens with zero attached hydrogens (tertiary/aromatic N) is 2. The predicted octanol–water partition coefficient (Wildman–Crippen LogP) is 2.01. The summed E-state index contributed by atoms with van der Waals surface area (Å²) in [5.74, 6) is 0.566. The van der Waals surface area contributed by atoms with E-state index in [9.17, 15) is 9.59 Å². The number of carbonyl (C=O) groups is 1. The van der Waals surface area contributed by atoms with Gasteiger partial charge in [0, 0.05) is 24.6 Å². The Hall–Kier alpha value is -2.47. The van der Waals surface area contributed by atoms with Gasteiger partial charge in [0.05, 0.1) is 12.0 Å². The van der Waals surface area contributed by atoms with Gasteiger partial charge in [0.1, 0.15) is 0 Å². The summed E-state index contributed by atoms with van der Waals surface area (Å²) in [5.41, 5.74) is 1.20. The summed E-state index contributed by atoms with van der Waals surface area (Å²) in [5, 5.41) is 6.55. The van der Waals surface area contributed by atoms with Crippen molar-refractivity contribution in [3.05, 3.63) is 58.8 Å². The molecule has 0 spiro atoms. The molecule has 2 aliphatic rings. The fourth-order valence-corrected chi connectivity index (χ4v) is 4.40. The van der Waals surface area contributed by atoms with Crippen LogP contribution in [0.3, 0.4) is 0 Å². The Kier molecular flexibility index (Phi) is 4.59. The van der Waals surface area contributed by atoms with E-state index < -0.39 is 0 Å². The second kappa shape index (κ2) is 7.03. The zero-order valence-electron chi connectivity index (χ0n) is 14.8. The van der Waals surface area contributed by atoms with Gasteiger partial charge in [-0.3, -0.25) is 9.36 Å². The van der Waals surface area contributed by atoms with Crippen LogP contribution in [0.4, 0.5) is 5.69 Å². The van der Waals surface area contributed by atoms with Crippen molar-refractivity contribution in [2.45, 2.75) is 32.2 Å². The van der Waals surface area contributed by atoms with E-state index in [4.69, 9.17) is 0 Å². The summed E-state index contributed by atoms with van der Waals surface area (Å²) >= 11 is 0. The Morgan fingerprint density at radius 1 is 1.35 bits per heavy atom. The largest absolute Gasteiger partial charge is 0.347 e. The first-order valence-corrected chi connectivity index (χ1v) is 9.30. The first kappa shape index (κ1) is 17.0. The SMILES string of the molecule is O=C(Nc1cccc(Cn2cccnc2=O)c1)[C@@]12CCCC[C@H]1CNC2. The van der Waals surface area contributed by atoms with Gasteiger partial charge in [0.15, 0.2) is 0 Å². The van der Waals surface area contributed by atoms with Crippen molar-refractivity contribution in [2.24, 2.45) is 11.3 Å². The van der Waals surface area contributed by atoms with Crippen LogP contribution < -0.4 is 16.3 Å². The van der Waals surface area contributed by atoms with Crippen LogP contribution >= 0.6 is 0 Å². The Balaban J connectivity index is 1.51. The van der Waals surface area contributed by atoms with Crippen LogP contribution in [0.5, 0.6) is 0 Å². The van der Waals surface area contributed by atoms with Gasteiger partial charge in [-0.1, -0.05) is 25.0 Å². The molecule has 1 saturated heterocycles. The van der Waals surface area contributed by atoms with Gasteiger partial charge < -0.3 is 10.6 Å². The van der Waals surface area contributed by atoms with E-state index in [1.807, 2.05) is 24.3 Å². The van der Waals surface area contributed by atoms with Crippen molar-refractivity contribution in [3.63, 3.8) is 0 Å². The fraction of sp³-hybridized carbons (Fsp3) is 0.450. The summed E-state index contributed by atoms with van der Waals surface area (Å²) in [7, 11) is 0. The first-order chi connectivity index (χ1) is 12.7. The molecular weight excluding hydrogens is 328 g/mol. The lowest BCUT2D eigenvalue weighted by atomic mass is 9.67. The predicted molar refractivity (Wildman–Crippen MR) is 99.9 cm³/mol. The molecule has 2 atom stereocenters. The second-order valence-electron chi connectivity index (χ2n) is 7.41. The molecule has 1 saturated carbocycles. The van der Waals surface area contributed by atoms with E-state index in [1.54, 1.807) is 16.8 Å². The summed E-state index contributed by atoms with van der Waals surface area (Å²) in [6.45, 7) is 2.15. The number of benzene rings is 1. The van der Waals surface area contributed by atoms with Crippen molar-refractivity contribution in [3.8, 4) is 0 Å². The number of rotatable bonds is 4. The zero-order chi connectivity index (χ0) is 18.0. The quantitative estimate of drug-likeness (QED) is 0.883. The number of fused-ring (bicyclic) bond motifs is 1. The Morgan fingerprint density at radius 2 is 2.27 bits per heavy atom. The third-order valence-corrected chi connectivity index (χ3v) is 5.81. The lowest BCUT2D eigenvalue weighted by molar-refractivity contribution is -0.128. The molecule has 1 aliphatic carbocycles. The lowest BCUT2D eigenvalue weighted by Gasteiger charge is -2.37. The van der Waals surface area contributed by atoms with E-state index in [2.05, 4.69) is 15.6 Å². The average molecular weight is 352 g/mol. The first-order valence-electron chi connectivity index (χ1n) is 9.30. The number of hydrogen-bond acceptors (Lipinski definition) is 4. The number of carbonyl (C=O) groups excluding carboxylic acids is 1. The molecule has 1 amide bonds. The van der Waals surface area contributed by atoms with Crippen LogP contribution in [0.15, 0.2) is 47.5 Å². The molecule has 0 radical (unpaired) electrons. The number of aromatic nitrogens is 2. The minimum absolute atomic E-state index is 0.128. The Labute approximate surface area is 152 Å². The van der Waals surface area contributed by atoms with Crippen LogP contribution in [0, 0.1) is 11.3 Å². The second-order valence-corrected chi connectivity index (χ2v) is 7.41. The zero-order valence-corrected chi connectivity index (χ0v) is 14.8. The maximum Gasteiger partial charge on any atom is 0.347 e. The Morgan fingerprint density at radius 3 is 3.15 bits per heavy atom.